The number of likely N-dealkylation sites (tertiary alicyclic amines) is 2. The van der Waals surface area contributed by atoms with E-state index in [1.165, 1.54) is 6.33 Å². The summed E-state index contributed by atoms with van der Waals surface area (Å²) < 4.78 is 14.4. The van der Waals surface area contributed by atoms with E-state index in [0.717, 1.165) is 103 Å². The minimum Gasteiger partial charge on any atom is -0.488 e. The monoisotopic (exact) mass is 809 g/mol. The van der Waals surface area contributed by atoms with Crippen LogP contribution in [0.15, 0.2) is 79.1 Å². The summed E-state index contributed by atoms with van der Waals surface area (Å²) in [4.78, 5) is 65.6. The number of nitrogens with one attached hydrogen (secondary N) is 1. The number of rotatable bonds is 9. The van der Waals surface area contributed by atoms with Crippen LogP contribution in [0.25, 0.3) is 22.3 Å². The summed E-state index contributed by atoms with van der Waals surface area (Å²) >= 11 is 0. The van der Waals surface area contributed by atoms with Crippen LogP contribution in [0.5, 0.6) is 17.2 Å². The molecule has 15 heteroatoms. The third-order valence-corrected chi connectivity index (χ3v) is 13.3. The molecule has 5 aliphatic rings. The molecule has 1 atom stereocenters. The van der Waals surface area contributed by atoms with E-state index in [1.807, 2.05) is 54.6 Å². The number of aromatic nitrogens is 4. The Balaban J connectivity index is 0.725. The summed E-state index contributed by atoms with van der Waals surface area (Å²) in [7, 11) is 0. The van der Waals surface area contributed by atoms with Crippen molar-refractivity contribution < 1.29 is 28.7 Å². The molecule has 3 saturated heterocycles. The number of amides is 4. The van der Waals surface area contributed by atoms with Gasteiger partial charge in [-0.25, -0.2) is 14.6 Å². The SMILES string of the molecule is CC1(N2CCC(n3nc(-c4ccc(Oc5ccccc5)cc4)c4c(N)ncnc43)CC2)CCC(N2CC(Oc3ccc4c(c3)C(=O)N(C3CCC(=O)NC3=O)C4=O)C2)CC1. The van der Waals surface area contributed by atoms with Crippen LogP contribution < -0.4 is 20.5 Å². The molecule has 1 unspecified atom stereocenters. The van der Waals surface area contributed by atoms with Crippen molar-refractivity contribution in [2.75, 3.05) is 31.9 Å². The number of piperidine rings is 2. The Morgan fingerprint density at radius 3 is 2.22 bits per heavy atom. The summed E-state index contributed by atoms with van der Waals surface area (Å²) in [6.07, 6.45) is 8.12. The molecule has 2 aromatic heterocycles. The maximum atomic E-state index is 13.3. The number of nitrogen functional groups attached to an aromatic ring is 1. The molecule has 6 heterocycles. The molecule has 1 aliphatic carbocycles. The Bertz CT molecular complexity index is 2490. The third-order valence-electron chi connectivity index (χ3n) is 13.3. The molecule has 308 valence electrons. The number of hydrogen-bond donors (Lipinski definition) is 2. The number of benzene rings is 3. The maximum Gasteiger partial charge on any atom is 0.262 e. The Morgan fingerprint density at radius 1 is 0.783 bits per heavy atom. The number of carbonyl (C=O) groups is 4. The average Bonchev–Trinajstić information content (AvgIpc) is 3.75. The van der Waals surface area contributed by atoms with Gasteiger partial charge in [-0.05, 0) is 106 Å². The van der Waals surface area contributed by atoms with Gasteiger partial charge in [0, 0.05) is 49.7 Å². The van der Waals surface area contributed by atoms with Gasteiger partial charge < -0.3 is 15.2 Å². The van der Waals surface area contributed by atoms with Crippen molar-refractivity contribution >= 4 is 40.5 Å². The summed E-state index contributed by atoms with van der Waals surface area (Å²) in [5, 5.41) is 8.15. The third kappa shape index (κ3) is 6.84. The van der Waals surface area contributed by atoms with Crippen LogP contribution in [0.3, 0.4) is 0 Å². The largest absolute Gasteiger partial charge is 0.488 e. The fourth-order valence-electron chi connectivity index (χ4n) is 9.87. The molecule has 4 aliphatic heterocycles. The summed E-state index contributed by atoms with van der Waals surface area (Å²) in [6.45, 7) is 5.99. The van der Waals surface area contributed by atoms with Gasteiger partial charge in [0.1, 0.15) is 47.2 Å². The smallest absolute Gasteiger partial charge is 0.262 e. The van der Waals surface area contributed by atoms with Crippen molar-refractivity contribution in [3.63, 3.8) is 0 Å². The molecule has 3 N–H and O–H groups in total. The van der Waals surface area contributed by atoms with Crippen LogP contribution in [0.1, 0.15) is 85.0 Å². The van der Waals surface area contributed by atoms with Gasteiger partial charge in [-0.15, -0.1) is 0 Å². The molecule has 4 amide bonds. The van der Waals surface area contributed by atoms with Crippen LogP contribution in [-0.4, -0.2) is 108 Å². The highest BCUT2D eigenvalue weighted by atomic mass is 16.5. The zero-order chi connectivity index (χ0) is 41.1. The molecule has 60 heavy (non-hydrogen) atoms. The van der Waals surface area contributed by atoms with Gasteiger partial charge in [0.2, 0.25) is 11.8 Å². The lowest BCUT2D eigenvalue weighted by molar-refractivity contribution is -0.136. The van der Waals surface area contributed by atoms with E-state index in [2.05, 4.69) is 36.7 Å². The zero-order valence-corrected chi connectivity index (χ0v) is 33.5. The number of imide groups is 2. The highest BCUT2D eigenvalue weighted by Gasteiger charge is 2.46. The Kier molecular flexibility index (Phi) is 9.59. The first-order chi connectivity index (χ1) is 29.1. The lowest BCUT2D eigenvalue weighted by atomic mass is 9.77. The second-order valence-corrected chi connectivity index (χ2v) is 17.0. The molecule has 1 saturated carbocycles. The van der Waals surface area contributed by atoms with E-state index in [-0.39, 0.29) is 41.7 Å². The van der Waals surface area contributed by atoms with Crippen molar-refractivity contribution in [2.24, 2.45) is 0 Å². The molecule has 0 bridgehead atoms. The van der Waals surface area contributed by atoms with Gasteiger partial charge in [0.25, 0.3) is 11.8 Å². The zero-order valence-electron chi connectivity index (χ0n) is 33.5. The van der Waals surface area contributed by atoms with E-state index >= 15 is 0 Å². The molecule has 5 aromatic rings. The number of anilines is 1. The van der Waals surface area contributed by atoms with Crippen molar-refractivity contribution in [2.45, 2.75) is 88.1 Å². The van der Waals surface area contributed by atoms with Crippen LogP contribution in [0, 0.1) is 0 Å². The second kappa shape index (κ2) is 15.1. The number of hydrogen-bond acceptors (Lipinski definition) is 12. The topological polar surface area (TPSA) is 178 Å². The summed E-state index contributed by atoms with van der Waals surface area (Å²) in [6, 6.07) is 22.2. The normalized spacial score (nSPS) is 24.4. The van der Waals surface area contributed by atoms with Crippen molar-refractivity contribution in [3.05, 3.63) is 90.3 Å². The molecule has 15 nitrogen and oxygen atoms in total. The van der Waals surface area contributed by atoms with Gasteiger partial charge in [-0.2, -0.15) is 5.10 Å². The number of ether oxygens (including phenoxy) is 2. The molecule has 4 fully saturated rings. The first kappa shape index (κ1) is 38.0. The van der Waals surface area contributed by atoms with E-state index in [9.17, 15) is 19.2 Å². The Morgan fingerprint density at radius 2 is 1.48 bits per heavy atom. The van der Waals surface area contributed by atoms with Gasteiger partial charge in [0.15, 0.2) is 5.65 Å². The number of para-hydroxylation sites is 1. The Labute approximate surface area is 346 Å². The minimum absolute atomic E-state index is 0.0126. The van der Waals surface area contributed by atoms with Gasteiger partial charge >= 0.3 is 0 Å². The number of carbonyl (C=O) groups excluding carboxylic acids is 4. The molecule has 3 aromatic carbocycles. The van der Waals surface area contributed by atoms with E-state index in [4.69, 9.17) is 20.3 Å². The van der Waals surface area contributed by atoms with Crippen LogP contribution in [0.4, 0.5) is 5.82 Å². The predicted octanol–water partition coefficient (Wildman–Crippen LogP) is 5.37. The maximum absolute atomic E-state index is 13.3. The van der Waals surface area contributed by atoms with Gasteiger partial charge in [-0.1, -0.05) is 18.2 Å². The fraction of sp³-hybridized carbons (Fsp3) is 0.400. The first-order valence-corrected chi connectivity index (χ1v) is 21.0. The highest BCUT2D eigenvalue weighted by Crippen LogP contribution is 2.41. The molecule has 10 rings (SSSR count). The standard InChI is InChI=1S/C45H47N9O6/c1-45(19-15-28(16-20-45)51-24-33(25-51)60-32-11-12-34-35(23-32)44(58)53(43(34)57)36-13-14-37(55)49-42(36)56)52-21-17-29(18-22-52)54-41-38(40(46)47-26-48-41)39(50-54)27-7-9-31(10-8-27)59-30-5-3-2-4-6-30/h2-12,23,26,28-29,33,36H,13-22,24-25H2,1H3,(H2,46,47,48)(H,49,55,56). The number of nitrogens with zero attached hydrogens (tertiary/aromatic N) is 7. The first-order valence-electron chi connectivity index (χ1n) is 21.0. The van der Waals surface area contributed by atoms with Crippen LogP contribution in [-0.2, 0) is 9.59 Å². The lowest BCUT2D eigenvalue weighted by Gasteiger charge is -2.52. The van der Waals surface area contributed by atoms with Crippen molar-refractivity contribution in [3.8, 4) is 28.5 Å². The van der Waals surface area contributed by atoms with Crippen LogP contribution in [0.2, 0.25) is 0 Å². The summed E-state index contributed by atoms with van der Waals surface area (Å²) in [5.41, 5.74) is 9.54. The van der Waals surface area contributed by atoms with Crippen molar-refractivity contribution in [1.29, 1.82) is 0 Å². The fourth-order valence-corrected chi connectivity index (χ4v) is 9.87. The molecule has 0 radical (unpaired) electrons. The highest BCUT2D eigenvalue weighted by molar-refractivity contribution is 6.23. The van der Waals surface area contributed by atoms with E-state index in [1.54, 1.807) is 18.2 Å². The number of nitrogens with two attached hydrogens (primary N) is 1. The quantitative estimate of drug-likeness (QED) is 0.182. The summed E-state index contributed by atoms with van der Waals surface area (Å²) in [5.74, 6) is 0.402. The van der Waals surface area contributed by atoms with Crippen LogP contribution >= 0.6 is 0 Å². The average molecular weight is 810 g/mol. The van der Waals surface area contributed by atoms with E-state index < -0.39 is 29.7 Å². The Hall–Kier alpha value is -6.19. The predicted molar refractivity (Wildman–Crippen MR) is 221 cm³/mol. The second-order valence-electron chi connectivity index (χ2n) is 17.0. The van der Waals surface area contributed by atoms with Gasteiger partial charge in [0.05, 0.1) is 22.6 Å². The lowest BCUT2D eigenvalue weighted by Crippen LogP contribution is -2.60. The van der Waals surface area contributed by atoms with Gasteiger partial charge in [-0.3, -0.25) is 39.2 Å². The van der Waals surface area contributed by atoms with Crippen molar-refractivity contribution in [1.82, 2.24) is 39.8 Å². The minimum atomic E-state index is -0.992. The number of fused-ring (bicyclic) bond motifs is 2. The molecule has 0 spiro atoms. The van der Waals surface area contributed by atoms with E-state index in [0.29, 0.717) is 17.6 Å². The molecular formula is C45H47N9O6. The molecular weight excluding hydrogens is 763 g/mol.